The van der Waals surface area contributed by atoms with Crippen molar-refractivity contribution in [3.05, 3.63) is 59.2 Å². The van der Waals surface area contributed by atoms with Gasteiger partial charge in [0.25, 0.3) is 0 Å². The molecule has 0 spiro atoms. The molecule has 0 unspecified atom stereocenters. The van der Waals surface area contributed by atoms with Crippen molar-refractivity contribution in [3.63, 3.8) is 0 Å². The first-order valence-corrected chi connectivity index (χ1v) is 6.83. The number of rotatable bonds is 6. The Balaban J connectivity index is 1.80. The van der Waals surface area contributed by atoms with Gasteiger partial charge in [0.2, 0.25) is 0 Å². The number of aromatic carboxylic acids is 1. The van der Waals surface area contributed by atoms with Gasteiger partial charge in [0.1, 0.15) is 12.4 Å². The minimum absolute atomic E-state index is 0.260. The molecule has 0 aromatic heterocycles. The van der Waals surface area contributed by atoms with Crippen LogP contribution in [0.25, 0.3) is 0 Å². The number of carboxylic acids is 1. The molecule has 0 heterocycles. The second-order valence-electron chi connectivity index (χ2n) is 4.92. The van der Waals surface area contributed by atoms with Gasteiger partial charge in [-0.15, -0.1) is 0 Å². The first-order chi connectivity index (χ1) is 10.1. The molecule has 0 aliphatic heterocycles. The molecule has 110 valence electrons. The predicted molar refractivity (Wildman–Crippen MR) is 83.3 cm³/mol. The third kappa shape index (κ3) is 4.24. The molecule has 2 rings (SSSR count). The number of nitrogens with one attached hydrogen (secondary N) is 1. The highest BCUT2D eigenvalue weighted by molar-refractivity contribution is 5.87. The minimum atomic E-state index is -0.932. The maximum atomic E-state index is 10.7. The summed E-state index contributed by atoms with van der Waals surface area (Å²) in [6.45, 7) is 5.34. The van der Waals surface area contributed by atoms with Gasteiger partial charge in [-0.1, -0.05) is 17.7 Å². The van der Waals surface area contributed by atoms with Gasteiger partial charge in [0, 0.05) is 12.2 Å². The lowest BCUT2D eigenvalue weighted by Crippen LogP contribution is -2.12. The number of carbonyl (C=O) groups is 1. The molecule has 0 saturated carbocycles. The second kappa shape index (κ2) is 6.79. The van der Waals surface area contributed by atoms with Gasteiger partial charge in [0.15, 0.2) is 0 Å². The summed E-state index contributed by atoms with van der Waals surface area (Å²) in [5.74, 6) is -0.263. The second-order valence-corrected chi connectivity index (χ2v) is 4.92. The van der Waals surface area contributed by atoms with Gasteiger partial charge >= 0.3 is 5.97 Å². The first kappa shape index (κ1) is 14.9. The van der Waals surface area contributed by atoms with Gasteiger partial charge in [-0.3, -0.25) is 0 Å². The lowest BCUT2D eigenvalue weighted by molar-refractivity contribution is 0.0697. The summed E-state index contributed by atoms with van der Waals surface area (Å²) in [5, 5.41) is 12.1. The van der Waals surface area contributed by atoms with Gasteiger partial charge in [-0.05, 0) is 49.7 Å². The van der Waals surface area contributed by atoms with E-state index in [1.54, 1.807) is 12.1 Å². The molecule has 0 radical (unpaired) electrons. The van der Waals surface area contributed by atoms with Crippen LogP contribution >= 0.6 is 0 Å². The van der Waals surface area contributed by atoms with Crippen molar-refractivity contribution in [2.24, 2.45) is 0 Å². The molecule has 4 heteroatoms. The molecule has 0 amide bonds. The zero-order valence-corrected chi connectivity index (χ0v) is 12.2. The van der Waals surface area contributed by atoms with Crippen LogP contribution in [0.4, 0.5) is 5.69 Å². The van der Waals surface area contributed by atoms with E-state index in [0.29, 0.717) is 18.9 Å². The molecule has 0 bridgehead atoms. The van der Waals surface area contributed by atoms with E-state index in [-0.39, 0.29) is 5.56 Å². The minimum Gasteiger partial charge on any atom is -0.492 e. The number of aryl methyl sites for hydroxylation is 2. The zero-order chi connectivity index (χ0) is 15.2. The van der Waals surface area contributed by atoms with Crippen LogP contribution in [0.5, 0.6) is 5.75 Å². The molecule has 21 heavy (non-hydrogen) atoms. The topological polar surface area (TPSA) is 58.6 Å². The smallest absolute Gasteiger partial charge is 0.335 e. The van der Waals surface area contributed by atoms with Crippen LogP contribution in [0.2, 0.25) is 0 Å². The standard InChI is InChI=1S/C17H19NO3/c1-12-3-8-16(13(2)11-12)18-9-10-21-15-6-4-14(5-7-15)17(19)20/h3-8,11,18H,9-10H2,1-2H3,(H,19,20). The summed E-state index contributed by atoms with van der Waals surface area (Å²) >= 11 is 0. The Labute approximate surface area is 124 Å². The zero-order valence-electron chi connectivity index (χ0n) is 12.2. The average Bonchev–Trinajstić information content (AvgIpc) is 2.46. The van der Waals surface area contributed by atoms with Gasteiger partial charge in [-0.2, -0.15) is 0 Å². The quantitative estimate of drug-likeness (QED) is 0.798. The molecule has 0 aliphatic rings. The van der Waals surface area contributed by atoms with Crippen molar-refractivity contribution in [3.8, 4) is 5.75 Å². The number of hydrogen-bond acceptors (Lipinski definition) is 3. The molecule has 2 aromatic carbocycles. The number of hydrogen-bond donors (Lipinski definition) is 2. The number of carboxylic acid groups (broad SMARTS) is 1. The van der Waals surface area contributed by atoms with E-state index in [9.17, 15) is 4.79 Å². The Bertz CT molecular complexity index is 620. The number of benzene rings is 2. The molecule has 0 aliphatic carbocycles. The van der Waals surface area contributed by atoms with Crippen molar-refractivity contribution in [1.82, 2.24) is 0 Å². The molecule has 0 saturated heterocycles. The molecular weight excluding hydrogens is 266 g/mol. The van der Waals surface area contributed by atoms with E-state index >= 15 is 0 Å². The predicted octanol–water partition coefficient (Wildman–Crippen LogP) is 3.49. The molecule has 0 atom stereocenters. The normalized spacial score (nSPS) is 10.2. The fraction of sp³-hybridized carbons (Fsp3) is 0.235. The molecule has 0 fully saturated rings. The highest BCUT2D eigenvalue weighted by Crippen LogP contribution is 2.16. The van der Waals surface area contributed by atoms with E-state index in [1.807, 2.05) is 0 Å². The summed E-state index contributed by atoms with van der Waals surface area (Å²) in [6.07, 6.45) is 0. The van der Waals surface area contributed by atoms with E-state index < -0.39 is 5.97 Å². The van der Waals surface area contributed by atoms with Crippen LogP contribution in [-0.4, -0.2) is 24.2 Å². The Morgan fingerprint density at radius 3 is 2.48 bits per heavy atom. The maximum absolute atomic E-state index is 10.7. The summed E-state index contributed by atoms with van der Waals surface area (Å²) < 4.78 is 5.57. The van der Waals surface area contributed by atoms with Gasteiger partial charge in [0.05, 0.1) is 5.56 Å². The van der Waals surface area contributed by atoms with Crippen LogP contribution in [0, 0.1) is 13.8 Å². The monoisotopic (exact) mass is 285 g/mol. The van der Waals surface area contributed by atoms with Crippen LogP contribution < -0.4 is 10.1 Å². The Morgan fingerprint density at radius 2 is 1.86 bits per heavy atom. The van der Waals surface area contributed by atoms with Crippen molar-refractivity contribution in [2.45, 2.75) is 13.8 Å². The van der Waals surface area contributed by atoms with E-state index in [1.165, 1.54) is 23.3 Å². The van der Waals surface area contributed by atoms with Gasteiger partial charge < -0.3 is 15.2 Å². The Kier molecular flexibility index (Phi) is 4.82. The van der Waals surface area contributed by atoms with E-state index in [0.717, 1.165) is 5.69 Å². The number of ether oxygens (including phenoxy) is 1. The molecule has 2 aromatic rings. The first-order valence-electron chi connectivity index (χ1n) is 6.83. The van der Waals surface area contributed by atoms with Crippen LogP contribution in [0.3, 0.4) is 0 Å². The third-order valence-corrected chi connectivity index (χ3v) is 3.17. The largest absolute Gasteiger partial charge is 0.492 e. The fourth-order valence-corrected chi connectivity index (χ4v) is 2.06. The summed E-state index contributed by atoms with van der Waals surface area (Å²) in [6, 6.07) is 12.7. The van der Waals surface area contributed by atoms with Crippen LogP contribution in [0.15, 0.2) is 42.5 Å². The van der Waals surface area contributed by atoms with Gasteiger partial charge in [-0.25, -0.2) is 4.79 Å². The summed E-state index contributed by atoms with van der Waals surface area (Å²) in [7, 11) is 0. The lowest BCUT2D eigenvalue weighted by Gasteiger charge is -2.11. The Morgan fingerprint density at radius 1 is 1.14 bits per heavy atom. The maximum Gasteiger partial charge on any atom is 0.335 e. The molecule has 2 N–H and O–H groups in total. The average molecular weight is 285 g/mol. The highest BCUT2D eigenvalue weighted by atomic mass is 16.5. The summed E-state index contributed by atoms with van der Waals surface area (Å²) in [4.78, 5) is 10.7. The van der Waals surface area contributed by atoms with Crippen molar-refractivity contribution < 1.29 is 14.6 Å². The molecular formula is C17H19NO3. The number of anilines is 1. The van der Waals surface area contributed by atoms with Crippen LogP contribution in [-0.2, 0) is 0 Å². The van der Waals surface area contributed by atoms with E-state index in [4.69, 9.17) is 9.84 Å². The van der Waals surface area contributed by atoms with Crippen molar-refractivity contribution in [1.29, 1.82) is 0 Å². The fourth-order valence-electron chi connectivity index (χ4n) is 2.06. The lowest BCUT2D eigenvalue weighted by atomic mass is 10.1. The van der Waals surface area contributed by atoms with Crippen LogP contribution in [0.1, 0.15) is 21.5 Å². The Hall–Kier alpha value is -2.49. The summed E-state index contributed by atoms with van der Waals surface area (Å²) in [5.41, 5.74) is 3.81. The molecule has 4 nitrogen and oxygen atoms in total. The highest BCUT2D eigenvalue weighted by Gasteiger charge is 2.02. The van der Waals surface area contributed by atoms with E-state index in [2.05, 4.69) is 37.4 Å². The van der Waals surface area contributed by atoms with Crippen molar-refractivity contribution >= 4 is 11.7 Å². The SMILES string of the molecule is Cc1ccc(NCCOc2ccc(C(=O)O)cc2)c(C)c1. The third-order valence-electron chi connectivity index (χ3n) is 3.17. The van der Waals surface area contributed by atoms with Crippen molar-refractivity contribution in [2.75, 3.05) is 18.5 Å².